The fourth-order valence-corrected chi connectivity index (χ4v) is 1.97. The van der Waals surface area contributed by atoms with Crippen LogP contribution in [0.2, 0.25) is 0 Å². The third-order valence-electron chi connectivity index (χ3n) is 2.80. The molecule has 1 aliphatic carbocycles. The number of Topliss-reactive ketones (excluding diaryl/α,β-unsaturated/α-hetero) is 3. The first-order valence-corrected chi connectivity index (χ1v) is 5.07. The first kappa shape index (κ1) is 10.5. The lowest BCUT2D eigenvalue weighted by Crippen LogP contribution is -2.24. The summed E-state index contributed by atoms with van der Waals surface area (Å²) in [6.07, 6.45) is 0.177. The molecular weight excluding hydrogens is 206 g/mol. The second-order valence-corrected chi connectivity index (χ2v) is 3.75. The predicted octanol–water partition coefficient (Wildman–Crippen LogP) is 1.24. The molecule has 0 aromatic heterocycles. The average molecular weight is 217 g/mol. The summed E-state index contributed by atoms with van der Waals surface area (Å²) in [4.78, 5) is 35.3. The van der Waals surface area contributed by atoms with E-state index >= 15 is 0 Å². The number of rotatable bonds is 2. The van der Waals surface area contributed by atoms with E-state index in [1.807, 2.05) is 0 Å². The molecule has 1 aromatic rings. The van der Waals surface area contributed by atoms with Crippen molar-refractivity contribution in [3.63, 3.8) is 0 Å². The number of benzene rings is 1. The zero-order chi connectivity index (χ0) is 11.9. The minimum Gasteiger partial charge on any atom is -0.398 e. The van der Waals surface area contributed by atoms with Gasteiger partial charge in [-0.1, -0.05) is 19.1 Å². The molecule has 0 bridgehead atoms. The van der Waals surface area contributed by atoms with Crippen molar-refractivity contribution in [3.05, 3.63) is 29.3 Å². The van der Waals surface area contributed by atoms with Gasteiger partial charge in [0.05, 0.1) is 5.56 Å². The number of nitrogens with two attached hydrogens (primary N) is 1. The molecule has 0 fully saturated rings. The number of hydrogen-bond acceptors (Lipinski definition) is 4. The summed E-state index contributed by atoms with van der Waals surface area (Å²) in [7, 11) is 0. The number of carbonyl (C=O) groups excluding carboxylic acids is 3. The maximum Gasteiger partial charge on any atom is 0.183 e. The highest BCUT2D eigenvalue weighted by molar-refractivity contribution is 6.36. The van der Waals surface area contributed by atoms with Gasteiger partial charge in [0, 0.05) is 17.7 Å². The Morgan fingerprint density at radius 2 is 2.00 bits per heavy atom. The van der Waals surface area contributed by atoms with Gasteiger partial charge in [-0.3, -0.25) is 14.4 Å². The minimum atomic E-state index is -1.16. The first-order valence-electron chi connectivity index (χ1n) is 5.07. The monoisotopic (exact) mass is 217 g/mol. The van der Waals surface area contributed by atoms with E-state index in [4.69, 9.17) is 5.73 Å². The van der Waals surface area contributed by atoms with Crippen molar-refractivity contribution in [2.45, 2.75) is 13.3 Å². The zero-order valence-electron chi connectivity index (χ0n) is 8.82. The van der Waals surface area contributed by atoms with Crippen molar-refractivity contribution in [2.24, 2.45) is 5.92 Å². The number of anilines is 1. The summed E-state index contributed by atoms with van der Waals surface area (Å²) in [5.74, 6) is -2.38. The van der Waals surface area contributed by atoms with Crippen LogP contribution in [0.15, 0.2) is 18.2 Å². The lowest BCUT2D eigenvalue weighted by Gasteiger charge is -2.02. The molecule has 0 saturated carbocycles. The standard InChI is InChI=1S/C12H11NO3/c1-2-8(14)10-11(15)6-4-3-5-7(13)9(6)12(10)16/h3-5,10H,2,13H2,1H3. The maximum atomic E-state index is 11.9. The highest BCUT2D eigenvalue weighted by Crippen LogP contribution is 2.31. The van der Waals surface area contributed by atoms with Crippen LogP contribution < -0.4 is 5.73 Å². The molecule has 4 nitrogen and oxygen atoms in total. The molecular formula is C12H11NO3. The van der Waals surface area contributed by atoms with Crippen LogP contribution >= 0.6 is 0 Å². The van der Waals surface area contributed by atoms with Crippen molar-refractivity contribution in [2.75, 3.05) is 5.73 Å². The molecule has 2 rings (SSSR count). The summed E-state index contributed by atoms with van der Waals surface area (Å²) in [5.41, 5.74) is 6.39. The smallest absolute Gasteiger partial charge is 0.183 e. The Balaban J connectivity index is 2.57. The number of ketones is 3. The van der Waals surface area contributed by atoms with Gasteiger partial charge in [-0.2, -0.15) is 0 Å². The molecule has 2 N–H and O–H groups in total. The van der Waals surface area contributed by atoms with Crippen LogP contribution in [0.5, 0.6) is 0 Å². The highest BCUT2D eigenvalue weighted by Gasteiger charge is 2.43. The average Bonchev–Trinajstić information content (AvgIpc) is 2.52. The molecule has 16 heavy (non-hydrogen) atoms. The quantitative estimate of drug-likeness (QED) is 0.597. The van der Waals surface area contributed by atoms with Crippen molar-refractivity contribution in [1.29, 1.82) is 0 Å². The number of nitrogen functional groups attached to an aromatic ring is 1. The van der Waals surface area contributed by atoms with Gasteiger partial charge in [0.25, 0.3) is 0 Å². The van der Waals surface area contributed by atoms with Crippen LogP contribution in [0, 0.1) is 5.92 Å². The summed E-state index contributed by atoms with van der Waals surface area (Å²) < 4.78 is 0. The van der Waals surface area contributed by atoms with Crippen molar-refractivity contribution in [1.82, 2.24) is 0 Å². The molecule has 82 valence electrons. The van der Waals surface area contributed by atoms with Gasteiger partial charge in [-0.05, 0) is 6.07 Å². The lowest BCUT2D eigenvalue weighted by atomic mass is 9.97. The molecule has 0 saturated heterocycles. The van der Waals surface area contributed by atoms with E-state index in [2.05, 4.69) is 0 Å². The van der Waals surface area contributed by atoms with Crippen molar-refractivity contribution >= 4 is 23.0 Å². The van der Waals surface area contributed by atoms with Gasteiger partial charge in [0.1, 0.15) is 5.92 Å². The van der Waals surface area contributed by atoms with Gasteiger partial charge in [-0.25, -0.2) is 0 Å². The maximum absolute atomic E-state index is 11.9. The Labute approximate surface area is 92.4 Å². The van der Waals surface area contributed by atoms with Crippen molar-refractivity contribution in [3.8, 4) is 0 Å². The molecule has 1 aromatic carbocycles. The fraction of sp³-hybridized carbons (Fsp3) is 0.250. The van der Waals surface area contributed by atoms with Crippen LogP contribution in [0.1, 0.15) is 34.1 Å². The van der Waals surface area contributed by atoms with Gasteiger partial charge in [0.2, 0.25) is 0 Å². The Bertz CT molecular complexity index is 505. The predicted molar refractivity (Wildman–Crippen MR) is 58.3 cm³/mol. The summed E-state index contributed by atoms with van der Waals surface area (Å²) in [6.45, 7) is 1.63. The van der Waals surface area contributed by atoms with E-state index in [0.717, 1.165) is 0 Å². The van der Waals surface area contributed by atoms with E-state index in [-0.39, 0.29) is 29.0 Å². The first-order chi connectivity index (χ1) is 7.57. The molecule has 0 amide bonds. The van der Waals surface area contributed by atoms with Gasteiger partial charge in [-0.15, -0.1) is 0 Å². The largest absolute Gasteiger partial charge is 0.398 e. The summed E-state index contributed by atoms with van der Waals surface area (Å²) in [5, 5.41) is 0. The Morgan fingerprint density at radius 3 is 2.56 bits per heavy atom. The van der Waals surface area contributed by atoms with Crippen LogP contribution in [0.3, 0.4) is 0 Å². The van der Waals surface area contributed by atoms with Crippen LogP contribution in [-0.4, -0.2) is 17.3 Å². The number of fused-ring (bicyclic) bond motifs is 1. The second-order valence-electron chi connectivity index (χ2n) is 3.75. The molecule has 1 unspecified atom stereocenters. The number of hydrogen-bond donors (Lipinski definition) is 1. The summed E-state index contributed by atoms with van der Waals surface area (Å²) >= 11 is 0. The number of carbonyl (C=O) groups is 3. The molecule has 1 aliphatic rings. The SMILES string of the molecule is CCC(=O)C1C(=O)c2cccc(N)c2C1=O. The third-order valence-corrected chi connectivity index (χ3v) is 2.80. The molecule has 0 aliphatic heterocycles. The topological polar surface area (TPSA) is 77.2 Å². The zero-order valence-corrected chi connectivity index (χ0v) is 8.82. The van der Waals surface area contributed by atoms with Gasteiger partial charge in [0.15, 0.2) is 17.3 Å². The van der Waals surface area contributed by atoms with E-state index in [9.17, 15) is 14.4 Å². The minimum absolute atomic E-state index is 0.177. The van der Waals surface area contributed by atoms with E-state index < -0.39 is 17.5 Å². The molecule has 0 spiro atoms. The van der Waals surface area contributed by atoms with Crippen LogP contribution in [0.4, 0.5) is 5.69 Å². The highest BCUT2D eigenvalue weighted by atomic mass is 16.2. The Hall–Kier alpha value is -1.97. The van der Waals surface area contributed by atoms with Gasteiger partial charge < -0.3 is 5.73 Å². The Kier molecular flexibility index (Phi) is 2.34. The van der Waals surface area contributed by atoms with Crippen LogP contribution in [0.25, 0.3) is 0 Å². The van der Waals surface area contributed by atoms with E-state index in [1.54, 1.807) is 19.1 Å². The van der Waals surface area contributed by atoms with E-state index in [1.165, 1.54) is 6.07 Å². The van der Waals surface area contributed by atoms with E-state index in [0.29, 0.717) is 0 Å². The molecule has 0 heterocycles. The fourth-order valence-electron chi connectivity index (χ4n) is 1.97. The normalized spacial score (nSPS) is 18.7. The van der Waals surface area contributed by atoms with Crippen molar-refractivity contribution < 1.29 is 14.4 Å². The lowest BCUT2D eigenvalue weighted by molar-refractivity contribution is -0.119. The molecule has 4 heteroatoms. The summed E-state index contributed by atoms with van der Waals surface area (Å²) in [6, 6.07) is 4.70. The molecule has 0 radical (unpaired) electrons. The Morgan fingerprint density at radius 1 is 1.31 bits per heavy atom. The third kappa shape index (κ3) is 1.26. The molecule has 1 atom stereocenters. The van der Waals surface area contributed by atoms with Crippen LogP contribution in [-0.2, 0) is 4.79 Å². The van der Waals surface area contributed by atoms with Gasteiger partial charge >= 0.3 is 0 Å². The second kappa shape index (κ2) is 3.56.